The molecule has 1 aromatic rings. The number of rotatable bonds is 4. The van der Waals surface area contributed by atoms with Crippen LogP contribution in [0.25, 0.3) is 0 Å². The van der Waals surface area contributed by atoms with Crippen molar-refractivity contribution in [3.63, 3.8) is 0 Å². The number of amides is 3. The maximum absolute atomic E-state index is 12.0. The van der Waals surface area contributed by atoms with Crippen LogP contribution in [0.2, 0.25) is 0 Å². The second-order valence-electron chi connectivity index (χ2n) is 5.79. The number of carbonyl (C=O) groups excluding carboxylic acids is 2. The van der Waals surface area contributed by atoms with E-state index in [1.807, 2.05) is 13.8 Å². The Morgan fingerprint density at radius 2 is 2.04 bits per heavy atom. The van der Waals surface area contributed by atoms with Gasteiger partial charge in [0.05, 0.1) is 6.04 Å². The first-order valence-electron chi connectivity index (χ1n) is 7.90. The van der Waals surface area contributed by atoms with E-state index < -0.39 is 5.79 Å². The van der Waals surface area contributed by atoms with Gasteiger partial charge in [0.15, 0.2) is 11.5 Å². The van der Waals surface area contributed by atoms with E-state index in [-0.39, 0.29) is 18.0 Å². The lowest BCUT2D eigenvalue weighted by molar-refractivity contribution is -0.119. The normalized spacial score (nSPS) is 21.0. The van der Waals surface area contributed by atoms with Gasteiger partial charge in [-0.15, -0.1) is 0 Å². The van der Waals surface area contributed by atoms with Crippen LogP contribution in [0.1, 0.15) is 33.1 Å². The van der Waals surface area contributed by atoms with Crippen LogP contribution in [0, 0.1) is 0 Å². The largest absolute Gasteiger partial charge is 0.448 e. The fourth-order valence-corrected chi connectivity index (χ4v) is 2.77. The van der Waals surface area contributed by atoms with Gasteiger partial charge < -0.3 is 25.4 Å². The summed E-state index contributed by atoms with van der Waals surface area (Å²) in [6, 6.07) is 4.78. The number of anilines is 1. The first-order valence-corrected chi connectivity index (χ1v) is 7.90. The first kappa shape index (κ1) is 15.5. The molecule has 0 aliphatic carbocycles. The third-order valence-corrected chi connectivity index (χ3v) is 4.18. The standard InChI is InChI=1S/C16H21N3O4/c1-3-16(4-2)22-12-6-5-10(7-13(12)23-16)18-15(21)19-11-8-14(20)17-9-11/h5-7,11H,3-4,8-9H2,1-2H3,(H,17,20)(H2,18,19,21). The summed E-state index contributed by atoms with van der Waals surface area (Å²) in [5.41, 5.74) is 0.616. The van der Waals surface area contributed by atoms with E-state index >= 15 is 0 Å². The van der Waals surface area contributed by atoms with Gasteiger partial charge in [0, 0.05) is 37.6 Å². The Bertz CT molecular complexity index is 628. The Morgan fingerprint density at radius 1 is 1.30 bits per heavy atom. The number of hydrogen-bond donors (Lipinski definition) is 3. The molecule has 3 rings (SSSR count). The van der Waals surface area contributed by atoms with E-state index in [1.165, 1.54) is 0 Å². The van der Waals surface area contributed by atoms with Gasteiger partial charge in [-0.3, -0.25) is 4.79 Å². The molecule has 124 valence electrons. The Hall–Kier alpha value is -2.44. The number of benzene rings is 1. The summed E-state index contributed by atoms with van der Waals surface area (Å²) in [6.45, 7) is 4.49. The number of urea groups is 1. The maximum Gasteiger partial charge on any atom is 0.319 e. The van der Waals surface area contributed by atoms with Gasteiger partial charge in [0.1, 0.15) is 0 Å². The highest BCUT2D eigenvalue weighted by Gasteiger charge is 2.38. The van der Waals surface area contributed by atoms with Gasteiger partial charge in [-0.1, -0.05) is 13.8 Å². The average molecular weight is 319 g/mol. The fraction of sp³-hybridized carbons (Fsp3) is 0.500. The van der Waals surface area contributed by atoms with Gasteiger partial charge in [0.2, 0.25) is 5.91 Å². The Labute approximate surface area is 134 Å². The van der Waals surface area contributed by atoms with Gasteiger partial charge in [0.25, 0.3) is 5.79 Å². The minimum absolute atomic E-state index is 0.0474. The summed E-state index contributed by atoms with van der Waals surface area (Å²) in [5, 5.41) is 8.19. The zero-order valence-corrected chi connectivity index (χ0v) is 13.3. The summed E-state index contributed by atoms with van der Waals surface area (Å²) in [5.74, 6) is 0.655. The van der Waals surface area contributed by atoms with Crippen LogP contribution < -0.4 is 25.4 Å². The maximum atomic E-state index is 12.0. The minimum Gasteiger partial charge on any atom is -0.448 e. The molecule has 1 saturated heterocycles. The van der Waals surface area contributed by atoms with E-state index in [1.54, 1.807) is 18.2 Å². The molecule has 1 unspecified atom stereocenters. The first-order chi connectivity index (χ1) is 11.0. The summed E-state index contributed by atoms with van der Waals surface area (Å²) >= 11 is 0. The predicted molar refractivity (Wildman–Crippen MR) is 84.6 cm³/mol. The molecule has 0 saturated carbocycles. The molecule has 1 fully saturated rings. The molecule has 0 bridgehead atoms. The van der Waals surface area contributed by atoms with Crippen molar-refractivity contribution in [2.45, 2.75) is 44.9 Å². The fourth-order valence-electron chi connectivity index (χ4n) is 2.77. The van der Waals surface area contributed by atoms with E-state index in [4.69, 9.17) is 9.47 Å². The van der Waals surface area contributed by atoms with Crippen LogP contribution in [0.4, 0.5) is 10.5 Å². The monoisotopic (exact) mass is 319 g/mol. The molecule has 2 aliphatic heterocycles. The van der Waals surface area contributed by atoms with E-state index in [2.05, 4.69) is 16.0 Å². The Balaban J connectivity index is 1.62. The molecule has 1 aromatic carbocycles. The molecule has 23 heavy (non-hydrogen) atoms. The lowest BCUT2D eigenvalue weighted by atomic mass is 10.1. The van der Waals surface area contributed by atoms with Crippen molar-refractivity contribution in [1.82, 2.24) is 10.6 Å². The van der Waals surface area contributed by atoms with E-state index in [0.29, 0.717) is 30.2 Å². The highest BCUT2D eigenvalue weighted by atomic mass is 16.7. The molecule has 2 aliphatic rings. The van der Waals surface area contributed by atoms with Crippen LogP contribution in [-0.4, -0.2) is 30.3 Å². The summed E-state index contributed by atoms with van der Waals surface area (Å²) < 4.78 is 11.8. The van der Waals surface area contributed by atoms with Crippen LogP contribution in [0.15, 0.2) is 18.2 Å². The highest BCUT2D eigenvalue weighted by Crippen LogP contribution is 2.43. The van der Waals surface area contributed by atoms with Gasteiger partial charge in [-0.05, 0) is 12.1 Å². The SMILES string of the molecule is CCC1(CC)Oc2ccc(NC(=O)NC3CNC(=O)C3)cc2O1. The molecule has 1 atom stereocenters. The number of carbonyl (C=O) groups is 2. The molecule has 2 heterocycles. The predicted octanol–water partition coefficient (Wildman–Crippen LogP) is 1.98. The van der Waals surface area contributed by atoms with Gasteiger partial charge in [-0.25, -0.2) is 4.79 Å². The van der Waals surface area contributed by atoms with Gasteiger partial charge >= 0.3 is 6.03 Å². The minimum atomic E-state index is -0.612. The van der Waals surface area contributed by atoms with Crippen molar-refractivity contribution in [2.24, 2.45) is 0 Å². The third kappa shape index (κ3) is 3.18. The molecule has 7 heteroatoms. The van der Waals surface area contributed by atoms with Crippen LogP contribution in [0.3, 0.4) is 0 Å². The molecule has 3 N–H and O–H groups in total. The molecule has 7 nitrogen and oxygen atoms in total. The number of ether oxygens (including phenoxy) is 2. The molecular formula is C16H21N3O4. The molecular weight excluding hydrogens is 298 g/mol. The van der Waals surface area contributed by atoms with Crippen molar-refractivity contribution in [1.29, 1.82) is 0 Å². The molecule has 0 radical (unpaired) electrons. The number of fused-ring (bicyclic) bond motifs is 1. The zero-order valence-electron chi connectivity index (χ0n) is 13.3. The van der Waals surface area contributed by atoms with Crippen molar-refractivity contribution in [2.75, 3.05) is 11.9 Å². The quantitative estimate of drug-likeness (QED) is 0.792. The lowest BCUT2D eigenvalue weighted by Crippen LogP contribution is -2.39. The van der Waals surface area contributed by atoms with Crippen molar-refractivity contribution < 1.29 is 19.1 Å². The zero-order chi connectivity index (χ0) is 16.4. The molecule has 0 spiro atoms. The van der Waals surface area contributed by atoms with Crippen molar-refractivity contribution >= 4 is 17.6 Å². The van der Waals surface area contributed by atoms with E-state index in [0.717, 1.165) is 12.8 Å². The third-order valence-electron chi connectivity index (χ3n) is 4.18. The van der Waals surface area contributed by atoms with Crippen LogP contribution >= 0.6 is 0 Å². The van der Waals surface area contributed by atoms with Crippen LogP contribution in [-0.2, 0) is 4.79 Å². The lowest BCUT2D eigenvalue weighted by Gasteiger charge is -2.24. The number of nitrogens with one attached hydrogen (secondary N) is 3. The Morgan fingerprint density at radius 3 is 2.70 bits per heavy atom. The highest BCUT2D eigenvalue weighted by molar-refractivity contribution is 5.90. The molecule has 0 aromatic heterocycles. The average Bonchev–Trinajstić information content (AvgIpc) is 3.10. The van der Waals surface area contributed by atoms with Gasteiger partial charge in [-0.2, -0.15) is 0 Å². The van der Waals surface area contributed by atoms with E-state index in [9.17, 15) is 9.59 Å². The summed E-state index contributed by atoms with van der Waals surface area (Å²) in [6.07, 6.45) is 1.79. The van der Waals surface area contributed by atoms with Crippen molar-refractivity contribution in [3.05, 3.63) is 18.2 Å². The second kappa shape index (κ2) is 5.98. The summed E-state index contributed by atoms with van der Waals surface area (Å²) in [4.78, 5) is 23.1. The summed E-state index contributed by atoms with van der Waals surface area (Å²) in [7, 11) is 0. The smallest absolute Gasteiger partial charge is 0.319 e. The van der Waals surface area contributed by atoms with Crippen LogP contribution in [0.5, 0.6) is 11.5 Å². The molecule has 3 amide bonds. The topological polar surface area (TPSA) is 88.7 Å². The Kier molecular flexibility index (Phi) is 4.02. The number of hydrogen-bond acceptors (Lipinski definition) is 4. The van der Waals surface area contributed by atoms with Crippen molar-refractivity contribution in [3.8, 4) is 11.5 Å². The second-order valence-corrected chi connectivity index (χ2v) is 5.79.